The summed E-state index contributed by atoms with van der Waals surface area (Å²) in [5.74, 6) is 0.736. The molecule has 1 N–H and O–H groups in total. The third-order valence-electron chi connectivity index (χ3n) is 2.78. The third-order valence-corrected chi connectivity index (χ3v) is 3.01. The molecule has 0 aliphatic rings. The molecule has 4 heteroatoms. The molecule has 0 unspecified atom stereocenters. The van der Waals surface area contributed by atoms with Crippen LogP contribution in [0, 0.1) is 0 Å². The molecular weight excluding hydrogens is 274 g/mol. The number of ether oxygens (including phenoxy) is 1. The van der Waals surface area contributed by atoms with Crippen molar-refractivity contribution in [3.05, 3.63) is 47.1 Å². The SMILES string of the molecule is CC(C)Oc1ccc(Cl)cc1-c1cccc([C@@H](C)O)n1. The molecule has 0 saturated carbocycles. The minimum absolute atomic E-state index is 0.0647. The number of aromatic nitrogens is 1. The largest absolute Gasteiger partial charge is 0.490 e. The number of hydrogen-bond acceptors (Lipinski definition) is 3. The maximum absolute atomic E-state index is 9.64. The summed E-state index contributed by atoms with van der Waals surface area (Å²) in [5, 5.41) is 10.3. The van der Waals surface area contributed by atoms with E-state index in [9.17, 15) is 5.11 Å². The maximum atomic E-state index is 9.64. The average Bonchev–Trinajstić information content (AvgIpc) is 2.40. The second-order valence-corrected chi connectivity index (χ2v) is 5.37. The molecule has 0 fully saturated rings. The number of aliphatic hydroxyl groups is 1. The molecule has 3 nitrogen and oxygen atoms in total. The first kappa shape index (κ1) is 14.8. The van der Waals surface area contributed by atoms with Gasteiger partial charge in [0.15, 0.2) is 0 Å². The van der Waals surface area contributed by atoms with Crippen molar-refractivity contribution in [1.82, 2.24) is 4.98 Å². The van der Waals surface area contributed by atoms with Crippen LogP contribution in [0.25, 0.3) is 11.3 Å². The van der Waals surface area contributed by atoms with E-state index in [-0.39, 0.29) is 6.10 Å². The van der Waals surface area contributed by atoms with E-state index in [1.54, 1.807) is 19.1 Å². The number of pyridine rings is 1. The van der Waals surface area contributed by atoms with Crippen LogP contribution in [0.15, 0.2) is 36.4 Å². The summed E-state index contributed by atoms with van der Waals surface area (Å²) in [6.07, 6.45) is -0.543. The Hall–Kier alpha value is -1.58. The van der Waals surface area contributed by atoms with Gasteiger partial charge in [0.05, 0.1) is 23.6 Å². The summed E-state index contributed by atoms with van der Waals surface area (Å²) in [7, 11) is 0. The Morgan fingerprint density at radius 3 is 2.55 bits per heavy atom. The van der Waals surface area contributed by atoms with Crippen molar-refractivity contribution in [3.63, 3.8) is 0 Å². The van der Waals surface area contributed by atoms with Gasteiger partial charge < -0.3 is 9.84 Å². The number of halogens is 1. The zero-order valence-electron chi connectivity index (χ0n) is 11.8. The Kier molecular flexibility index (Phi) is 4.63. The van der Waals surface area contributed by atoms with Gasteiger partial charge in [-0.1, -0.05) is 17.7 Å². The van der Waals surface area contributed by atoms with Crippen LogP contribution in [-0.2, 0) is 0 Å². The van der Waals surface area contributed by atoms with Gasteiger partial charge in [-0.2, -0.15) is 0 Å². The van der Waals surface area contributed by atoms with Crippen molar-refractivity contribution < 1.29 is 9.84 Å². The van der Waals surface area contributed by atoms with Crippen LogP contribution in [-0.4, -0.2) is 16.2 Å². The fourth-order valence-electron chi connectivity index (χ4n) is 1.89. The number of nitrogens with zero attached hydrogens (tertiary/aromatic N) is 1. The number of rotatable bonds is 4. The zero-order chi connectivity index (χ0) is 14.7. The smallest absolute Gasteiger partial charge is 0.129 e. The predicted molar refractivity (Wildman–Crippen MR) is 81.1 cm³/mol. The Morgan fingerprint density at radius 2 is 1.90 bits per heavy atom. The molecule has 0 aliphatic carbocycles. The van der Waals surface area contributed by atoms with E-state index < -0.39 is 6.10 Å². The molecule has 0 spiro atoms. The molecule has 1 atom stereocenters. The van der Waals surface area contributed by atoms with E-state index in [4.69, 9.17) is 16.3 Å². The van der Waals surface area contributed by atoms with Gasteiger partial charge in [-0.15, -0.1) is 0 Å². The van der Waals surface area contributed by atoms with E-state index >= 15 is 0 Å². The van der Waals surface area contributed by atoms with Crippen molar-refractivity contribution in [1.29, 1.82) is 0 Å². The lowest BCUT2D eigenvalue weighted by atomic mass is 10.1. The van der Waals surface area contributed by atoms with Gasteiger partial charge >= 0.3 is 0 Å². The minimum atomic E-state index is -0.608. The Labute approximate surface area is 124 Å². The van der Waals surface area contributed by atoms with Gasteiger partial charge in [-0.05, 0) is 51.1 Å². The zero-order valence-corrected chi connectivity index (χ0v) is 12.6. The third kappa shape index (κ3) is 3.50. The Bertz CT molecular complexity index is 597. The quantitative estimate of drug-likeness (QED) is 0.916. The molecular formula is C16H18ClNO2. The molecule has 106 valence electrons. The predicted octanol–water partition coefficient (Wildman–Crippen LogP) is 4.24. The molecule has 0 bridgehead atoms. The lowest BCUT2D eigenvalue weighted by Crippen LogP contribution is -2.07. The number of aliphatic hydroxyl groups excluding tert-OH is 1. The Morgan fingerprint density at radius 1 is 1.15 bits per heavy atom. The van der Waals surface area contributed by atoms with Crippen LogP contribution >= 0.6 is 11.6 Å². The molecule has 0 aliphatic heterocycles. The topological polar surface area (TPSA) is 42.4 Å². The van der Waals surface area contributed by atoms with Crippen molar-refractivity contribution in [2.45, 2.75) is 33.0 Å². The number of hydrogen-bond donors (Lipinski definition) is 1. The van der Waals surface area contributed by atoms with Gasteiger partial charge in [-0.25, -0.2) is 4.98 Å². The minimum Gasteiger partial charge on any atom is -0.490 e. The molecule has 2 aromatic rings. The van der Waals surface area contributed by atoms with E-state index in [1.165, 1.54) is 0 Å². The van der Waals surface area contributed by atoms with Gasteiger partial charge in [-0.3, -0.25) is 0 Å². The summed E-state index contributed by atoms with van der Waals surface area (Å²) >= 11 is 6.07. The van der Waals surface area contributed by atoms with E-state index in [0.717, 1.165) is 17.0 Å². The van der Waals surface area contributed by atoms with E-state index in [2.05, 4.69) is 4.98 Å². The van der Waals surface area contributed by atoms with E-state index in [0.29, 0.717) is 10.7 Å². The summed E-state index contributed by atoms with van der Waals surface area (Å²) in [6, 6.07) is 11.0. The van der Waals surface area contributed by atoms with Crippen molar-refractivity contribution in [2.24, 2.45) is 0 Å². The molecule has 2 rings (SSSR count). The number of benzene rings is 1. The molecule has 0 amide bonds. The summed E-state index contributed by atoms with van der Waals surface area (Å²) in [5.41, 5.74) is 2.19. The van der Waals surface area contributed by atoms with Crippen molar-refractivity contribution in [3.8, 4) is 17.0 Å². The van der Waals surface area contributed by atoms with Crippen LogP contribution in [0.3, 0.4) is 0 Å². The normalized spacial score (nSPS) is 12.5. The maximum Gasteiger partial charge on any atom is 0.129 e. The molecule has 1 aromatic carbocycles. The molecule has 1 heterocycles. The van der Waals surface area contributed by atoms with Crippen molar-refractivity contribution in [2.75, 3.05) is 0 Å². The first-order valence-corrected chi connectivity index (χ1v) is 6.96. The highest BCUT2D eigenvalue weighted by atomic mass is 35.5. The first-order valence-electron chi connectivity index (χ1n) is 6.59. The lowest BCUT2D eigenvalue weighted by Gasteiger charge is -2.15. The van der Waals surface area contributed by atoms with Crippen LogP contribution in [0.2, 0.25) is 5.02 Å². The highest BCUT2D eigenvalue weighted by Crippen LogP contribution is 2.32. The van der Waals surface area contributed by atoms with Crippen LogP contribution in [0.1, 0.15) is 32.6 Å². The van der Waals surface area contributed by atoms with Crippen molar-refractivity contribution >= 4 is 11.6 Å². The first-order chi connectivity index (χ1) is 9.47. The second kappa shape index (κ2) is 6.25. The lowest BCUT2D eigenvalue weighted by molar-refractivity contribution is 0.194. The van der Waals surface area contributed by atoms with Crippen LogP contribution in [0.5, 0.6) is 5.75 Å². The monoisotopic (exact) mass is 291 g/mol. The van der Waals surface area contributed by atoms with Gasteiger partial charge in [0.25, 0.3) is 0 Å². The van der Waals surface area contributed by atoms with E-state index in [1.807, 2.05) is 38.1 Å². The highest BCUT2D eigenvalue weighted by Gasteiger charge is 2.12. The van der Waals surface area contributed by atoms with Crippen LogP contribution < -0.4 is 4.74 Å². The molecule has 0 radical (unpaired) electrons. The van der Waals surface area contributed by atoms with Gasteiger partial charge in [0.1, 0.15) is 5.75 Å². The summed E-state index contributed by atoms with van der Waals surface area (Å²) < 4.78 is 5.79. The van der Waals surface area contributed by atoms with Crippen LogP contribution in [0.4, 0.5) is 0 Å². The highest BCUT2D eigenvalue weighted by molar-refractivity contribution is 6.30. The molecule has 1 aromatic heterocycles. The second-order valence-electron chi connectivity index (χ2n) is 4.93. The molecule has 0 saturated heterocycles. The fraction of sp³-hybridized carbons (Fsp3) is 0.312. The molecule has 20 heavy (non-hydrogen) atoms. The average molecular weight is 292 g/mol. The van der Waals surface area contributed by atoms with Gasteiger partial charge in [0.2, 0.25) is 0 Å². The van der Waals surface area contributed by atoms with Gasteiger partial charge in [0, 0.05) is 10.6 Å². The summed E-state index contributed by atoms with van der Waals surface area (Å²) in [4.78, 5) is 4.46. The Balaban J connectivity index is 2.50. The fourth-order valence-corrected chi connectivity index (χ4v) is 2.07. The standard InChI is InChI=1S/C16H18ClNO2/c1-10(2)20-16-8-7-12(17)9-13(16)15-6-4-5-14(18-15)11(3)19/h4-11,19H,1-3H3/t11-/m1/s1. The summed E-state index contributed by atoms with van der Waals surface area (Å²) in [6.45, 7) is 5.63.